The van der Waals surface area contributed by atoms with Gasteiger partial charge in [-0.1, -0.05) is 26.5 Å². The summed E-state index contributed by atoms with van der Waals surface area (Å²) < 4.78 is 0. The van der Waals surface area contributed by atoms with Gasteiger partial charge in [0, 0.05) is 18.4 Å². The summed E-state index contributed by atoms with van der Waals surface area (Å²) >= 11 is 0. The number of aliphatic hydroxyl groups excluding tert-OH is 2. The molecule has 0 saturated carbocycles. The molecule has 2 nitrogen and oxygen atoms in total. The lowest BCUT2D eigenvalue weighted by Gasteiger charge is -2.28. The Morgan fingerprint density at radius 3 is 2.85 bits per heavy atom. The average Bonchev–Trinajstić information content (AvgIpc) is 2.10. The van der Waals surface area contributed by atoms with E-state index >= 15 is 0 Å². The van der Waals surface area contributed by atoms with Crippen molar-refractivity contribution in [2.75, 3.05) is 6.61 Å². The molecule has 0 saturated heterocycles. The lowest BCUT2D eigenvalue weighted by Crippen LogP contribution is -2.24. The van der Waals surface area contributed by atoms with Gasteiger partial charge in [-0.15, -0.1) is 0 Å². The first-order valence-electron chi connectivity index (χ1n) is 4.75. The molecule has 3 atom stereocenters. The van der Waals surface area contributed by atoms with Crippen molar-refractivity contribution in [3.8, 4) is 0 Å². The zero-order chi connectivity index (χ0) is 10.0. The summed E-state index contributed by atoms with van der Waals surface area (Å²) in [6.45, 7) is 8.02. The van der Waals surface area contributed by atoms with Gasteiger partial charge in [0.15, 0.2) is 0 Å². The molecule has 0 bridgehead atoms. The highest BCUT2D eigenvalue weighted by atomic mass is 16.3. The zero-order valence-corrected chi connectivity index (χ0v) is 8.33. The topological polar surface area (TPSA) is 40.5 Å². The molecule has 2 N–H and O–H groups in total. The first kappa shape index (κ1) is 10.5. The molecule has 0 spiro atoms. The fraction of sp³-hybridized carbons (Fsp3) is 0.636. The lowest BCUT2D eigenvalue weighted by atomic mass is 9.81. The molecule has 1 aliphatic rings. The van der Waals surface area contributed by atoms with Crippen molar-refractivity contribution in [2.24, 2.45) is 11.8 Å². The van der Waals surface area contributed by atoms with Crippen molar-refractivity contribution in [2.45, 2.75) is 26.4 Å². The monoisotopic (exact) mass is 182 g/mol. The van der Waals surface area contributed by atoms with Crippen LogP contribution in [-0.4, -0.2) is 22.9 Å². The number of hydrogen-bond donors (Lipinski definition) is 2. The van der Waals surface area contributed by atoms with Gasteiger partial charge >= 0.3 is 0 Å². The Morgan fingerprint density at radius 2 is 2.31 bits per heavy atom. The van der Waals surface area contributed by atoms with E-state index in [1.54, 1.807) is 0 Å². The maximum Gasteiger partial charge on any atom is 0.0640 e. The van der Waals surface area contributed by atoms with Crippen molar-refractivity contribution in [1.29, 1.82) is 0 Å². The fourth-order valence-corrected chi connectivity index (χ4v) is 1.68. The average molecular weight is 182 g/mol. The molecule has 1 aliphatic carbocycles. The Bertz CT molecular complexity index is 230. The van der Waals surface area contributed by atoms with Crippen LogP contribution in [-0.2, 0) is 0 Å². The van der Waals surface area contributed by atoms with Crippen LogP contribution in [0.2, 0.25) is 0 Å². The van der Waals surface area contributed by atoms with E-state index < -0.39 is 0 Å². The molecule has 13 heavy (non-hydrogen) atoms. The Balaban J connectivity index is 2.83. The minimum absolute atomic E-state index is 0.141. The van der Waals surface area contributed by atoms with Crippen LogP contribution in [0.5, 0.6) is 0 Å². The van der Waals surface area contributed by atoms with Crippen LogP contribution in [0.15, 0.2) is 23.8 Å². The molecule has 0 heterocycles. The van der Waals surface area contributed by atoms with Gasteiger partial charge in [0.2, 0.25) is 0 Å². The van der Waals surface area contributed by atoms with Crippen LogP contribution in [0.1, 0.15) is 20.3 Å². The minimum atomic E-state index is -0.304. The van der Waals surface area contributed by atoms with Crippen LogP contribution in [0.25, 0.3) is 0 Å². The molecule has 0 aromatic carbocycles. The van der Waals surface area contributed by atoms with Gasteiger partial charge in [-0.3, -0.25) is 0 Å². The lowest BCUT2D eigenvalue weighted by molar-refractivity contribution is 0.131. The fourth-order valence-electron chi connectivity index (χ4n) is 1.68. The second-order valence-electron chi connectivity index (χ2n) is 3.94. The van der Waals surface area contributed by atoms with E-state index in [2.05, 4.69) is 6.58 Å². The Hall–Kier alpha value is -0.600. The minimum Gasteiger partial charge on any atom is -0.396 e. The van der Waals surface area contributed by atoms with Crippen LogP contribution >= 0.6 is 0 Å². The van der Waals surface area contributed by atoms with Gasteiger partial charge in [0.1, 0.15) is 0 Å². The van der Waals surface area contributed by atoms with Crippen LogP contribution in [0, 0.1) is 11.8 Å². The molecular weight excluding hydrogens is 164 g/mol. The number of aliphatic hydroxyl groups is 2. The molecule has 0 aromatic rings. The summed E-state index contributed by atoms with van der Waals surface area (Å²) in [5.41, 5.74) is 2.08. The third-order valence-corrected chi connectivity index (χ3v) is 2.72. The third-order valence-electron chi connectivity index (χ3n) is 2.72. The van der Waals surface area contributed by atoms with Gasteiger partial charge in [0.05, 0.1) is 6.10 Å². The van der Waals surface area contributed by atoms with Crippen molar-refractivity contribution < 1.29 is 10.2 Å². The van der Waals surface area contributed by atoms with E-state index in [-0.39, 0.29) is 24.5 Å². The van der Waals surface area contributed by atoms with E-state index in [1.807, 2.05) is 19.9 Å². The Labute approximate surface area is 79.6 Å². The molecule has 74 valence electrons. The standard InChI is InChI=1S/C11H18O2/c1-7-5-11(13)8(2)4-10(7)9(3)6-12/h4,8-9,11-13H,1,5-6H2,2-3H3/t8-,9-,11+/m1/s1. The summed E-state index contributed by atoms with van der Waals surface area (Å²) in [4.78, 5) is 0. The van der Waals surface area contributed by atoms with E-state index in [9.17, 15) is 5.11 Å². The third kappa shape index (κ3) is 2.20. The van der Waals surface area contributed by atoms with Crippen molar-refractivity contribution in [3.63, 3.8) is 0 Å². The summed E-state index contributed by atoms with van der Waals surface area (Å²) in [5, 5.41) is 18.6. The van der Waals surface area contributed by atoms with E-state index in [0.29, 0.717) is 6.42 Å². The maximum absolute atomic E-state index is 9.55. The zero-order valence-electron chi connectivity index (χ0n) is 8.33. The molecular formula is C11H18O2. The summed E-state index contributed by atoms with van der Waals surface area (Å²) in [6.07, 6.45) is 2.36. The SMILES string of the molecule is C=C1C[C@H](O)[C@H](C)C=C1[C@H](C)CO. The Kier molecular flexibility index (Phi) is 3.28. The van der Waals surface area contributed by atoms with Crippen LogP contribution < -0.4 is 0 Å². The summed E-state index contributed by atoms with van der Waals surface area (Å²) in [6, 6.07) is 0. The van der Waals surface area contributed by atoms with Gasteiger partial charge in [-0.25, -0.2) is 0 Å². The molecule has 1 rings (SSSR count). The first-order chi connectivity index (χ1) is 6.06. The maximum atomic E-state index is 9.55. The predicted octanol–water partition coefficient (Wildman–Crippen LogP) is 1.50. The number of rotatable bonds is 2. The molecule has 0 aliphatic heterocycles. The Morgan fingerprint density at radius 1 is 1.69 bits per heavy atom. The van der Waals surface area contributed by atoms with Gasteiger partial charge in [0.25, 0.3) is 0 Å². The van der Waals surface area contributed by atoms with E-state index in [1.165, 1.54) is 0 Å². The van der Waals surface area contributed by atoms with Gasteiger partial charge in [-0.05, 0) is 17.6 Å². The highest BCUT2D eigenvalue weighted by Crippen LogP contribution is 2.31. The van der Waals surface area contributed by atoms with Crippen molar-refractivity contribution >= 4 is 0 Å². The normalized spacial score (nSPS) is 31.4. The smallest absolute Gasteiger partial charge is 0.0640 e. The first-order valence-corrected chi connectivity index (χ1v) is 4.75. The quantitative estimate of drug-likeness (QED) is 0.679. The second kappa shape index (κ2) is 4.07. The van der Waals surface area contributed by atoms with Crippen LogP contribution in [0.3, 0.4) is 0 Å². The van der Waals surface area contributed by atoms with Crippen molar-refractivity contribution in [3.05, 3.63) is 23.8 Å². The molecule has 0 radical (unpaired) electrons. The summed E-state index contributed by atoms with van der Waals surface area (Å²) in [7, 11) is 0. The molecule has 0 fully saturated rings. The second-order valence-corrected chi connectivity index (χ2v) is 3.94. The highest BCUT2D eigenvalue weighted by molar-refractivity contribution is 5.34. The summed E-state index contributed by atoms with van der Waals surface area (Å²) in [5.74, 6) is 0.317. The highest BCUT2D eigenvalue weighted by Gasteiger charge is 2.23. The molecule has 0 unspecified atom stereocenters. The molecule has 0 aromatic heterocycles. The van der Waals surface area contributed by atoms with E-state index in [0.717, 1.165) is 11.1 Å². The molecule has 2 heteroatoms. The predicted molar refractivity (Wildman–Crippen MR) is 53.3 cm³/mol. The molecule has 0 amide bonds. The largest absolute Gasteiger partial charge is 0.396 e. The van der Waals surface area contributed by atoms with Crippen molar-refractivity contribution in [1.82, 2.24) is 0 Å². The van der Waals surface area contributed by atoms with Crippen LogP contribution in [0.4, 0.5) is 0 Å². The number of hydrogen-bond acceptors (Lipinski definition) is 2. The van der Waals surface area contributed by atoms with Gasteiger partial charge in [-0.2, -0.15) is 0 Å². The van der Waals surface area contributed by atoms with Gasteiger partial charge < -0.3 is 10.2 Å². The van der Waals surface area contributed by atoms with E-state index in [4.69, 9.17) is 5.11 Å².